The summed E-state index contributed by atoms with van der Waals surface area (Å²) in [4.78, 5) is 12.0. The molecule has 1 fully saturated rings. The number of aromatic nitrogens is 2. The number of methoxy groups -OCH3 is 1. The molecule has 1 aromatic heterocycles. The van der Waals surface area contributed by atoms with Gasteiger partial charge in [0, 0.05) is 31.7 Å². The number of carbonyl (C=O) groups is 1. The predicted octanol–water partition coefficient (Wildman–Crippen LogP) is 1.31. The van der Waals surface area contributed by atoms with E-state index in [2.05, 4.69) is 15.7 Å². The Kier molecular flexibility index (Phi) is 6.01. The molecule has 23 heavy (non-hydrogen) atoms. The van der Waals surface area contributed by atoms with E-state index in [1.165, 1.54) is 0 Å². The lowest BCUT2D eigenvalue weighted by molar-refractivity contribution is 0.0942. The van der Waals surface area contributed by atoms with Crippen molar-refractivity contribution in [3.8, 4) is 5.75 Å². The fraction of sp³-hybridized carbons (Fsp3) is 0.375. The first-order valence-corrected chi connectivity index (χ1v) is 7.39. The molecule has 1 aliphatic heterocycles. The number of hydrogen-bond donors (Lipinski definition) is 2. The first kappa shape index (κ1) is 17.3. The second-order valence-corrected chi connectivity index (χ2v) is 5.51. The van der Waals surface area contributed by atoms with Gasteiger partial charge in [-0.05, 0) is 17.7 Å². The SMILES string of the molecule is COc1ccc(Cn2cc(C(=O)NCC3CNC3)cn2)cc1.Cl. The molecule has 1 amide bonds. The molecule has 0 spiro atoms. The summed E-state index contributed by atoms with van der Waals surface area (Å²) < 4.78 is 6.90. The summed E-state index contributed by atoms with van der Waals surface area (Å²) >= 11 is 0. The van der Waals surface area contributed by atoms with Crippen molar-refractivity contribution in [3.63, 3.8) is 0 Å². The van der Waals surface area contributed by atoms with Gasteiger partial charge < -0.3 is 15.4 Å². The highest BCUT2D eigenvalue weighted by molar-refractivity contribution is 5.93. The summed E-state index contributed by atoms with van der Waals surface area (Å²) in [6.45, 7) is 3.31. The van der Waals surface area contributed by atoms with Gasteiger partial charge in [-0.2, -0.15) is 5.10 Å². The summed E-state index contributed by atoms with van der Waals surface area (Å²) in [6, 6.07) is 7.81. The Morgan fingerprint density at radius 1 is 1.39 bits per heavy atom. The highest BCUT2D eigenvalue weighted by atomic mass is 35.5. The Labute approximate surface area is 141 Å². The molecule has 2 N–H and O–H groups in total. The van der Waals surface area contributed by atoms with E-state index in [1.807, 2.05) is 24.3 Å². The van der Waals surface area contributed by atoms with Gasteiger partial charge >= 0.3 is 0 Å². The number of halogens is 1. The third-order valence-electron chi connectivity index (χ3n) is 3.82. The van der Waals surface area contributed by atoms with Crippen LogP contribution in [-0.4, -0.2) is 42.4 Å². The lowest BCUT2D eigenvalue weighted by Gasteiger charge is -2.26. The van der Waals surface area contributed by atoms with Gasteiger partial charge in [-0.25, -0.2) is 0 Å². The maximum absolute atomic E-state index is 12.0. The van der Waals surface area contributed by atoms with Crippen LogP contribution in [0.4, 0.5) is 0 Å². The van der Waals surface area contributed by atoms with Crippen LogP contribution >= 0.6 is 12.4 Å². The number of rotatable bonds is 6. The van der Waals surface area contributed by atoms with Crippen molar-refractivity contribution in [2.24, 2.45) is 5.92 Å². The lowest BCUT2D eigenvalue weighted by atomic mass is 10.0. The lowest BCUT2D eigenvalue weighted by Crippen LogP contribution is -2.48. The number of ether oxygens (including phenoxy) is 1. The minimum absolute atomic E-state index is 0. The first-order valence-electron chi connectivity index (χ1n) is 7.39. The van der Waals surface area contributed by atoms with Gasteiger partial charge in [0.15, 0.2) is 0 Å². The monoisotopic (exact) mass is 336 g/mol. The van der Waals surface area contributed by atoms with Crippen molar-refractivity contribution in [3.05, 3.63) is 47.8 Å². The zero-order valence-electron chi connectivity index (χ0n) is 13.0. The van der Waals surface area contributed by atoms with Crippen LogP contribution in [0.2, 0.25) is 0 Å². The minimum Gasteiger partial charge on any atom is -0.497 e. The average molecular weight is 337 g/mol. The topological polar surface area (TPSA) is 68.2 Å². The molecule has 6 nitrogen and oxygen atoms in total. The molecule has 1 saturated heterocycles. The van der Waals surface area contributed by atoms with E-state index < -0.39 is 0 Å². The van der Waals surface area contributed by atoms with Gasteiger partial charge in [-0.15, -0.1) is 12.4 Å². The van der Waals surface area contributed by atoms with Crippen LogP contribution in [0.15, 0.2) is 36.7 Å². The highest BCUT2D eigenvalue weighted by Gasteiger charge is 2.18. The van der Waals surface area contributed by atoms with E-state index in [4.69, 9.17) is 4.74 Å². The van der Waals surface area contributed by atoms with Crippen molar-refractivity contribution in [2.45, 2.75) is 6.54 Å². The van der Waals surface area contributed by atoms with Crippen LogP contribution < -0.4 is 15.4 Å². The molecule has 2 heterocycles. The molecular weight excluding hydrogens is 316 g/mol. The number of hydrogen-bond acceptors (Lipinski definition) is 4. The van der Waals surface area contributed by atoms with Gasteiger partial charge in [0.05, 0.1) is 25.4 Å². The molecule has 1 aliphatic rings. The highest BCUT2D eigenvalue weighted by Crippen LogP contribution is 2.12. The molecule has 0 atom stereocenters. The Bertz CT molecular complexity index is 638. The first-order chi connectivity index (χ1) is 10.7. The van der Waals surface area contributed by atoms with Gasteiger partial charge in [0.1, 0.15) is 5.75 Å². The molecule has 0 bridgehead atoms. The van der Waals surface area contributed by atoms with E-state index >= 15 is 0 Å². The average Bonchev–Trinajstić information content (AvgIpc) is 2.95. The molecule has 0 radical (unpaired) electrons. The zero-order valence-corrected chi connectivity index (χ0v) is 13.8. The number of carbonyl (C=O) groups excluding carboxylic acids is 1. The van der Waals surface area contributed by atoms with Crippen LogP contribution in [0.5, 0.6) is 5.75 Å². The number of nitrogens with zero attached hydrogens (tertiary/aromatic N) is 2. The van der Waals surface area contributed by atoms with E-state index in [0.29, 0.717) is 18.0 Å². The summed E-state index contributed by atoms with van der Waals surface area (Å²) in [6.07, 6.45) is 3.39. The summed E-state index contributed by atoms with van der Waals surface area (Å²) in [5.74, 6) is 1.32. The van der Waals surface area contributed by atoms with Gasteiger partial charge in [-0.1, -0.05) is 12.1 Å². The number of benzene rings is 1. The van der Waals surface area contributed by atoms with Crippen LogP contribution in [0.25, 0.3) is 0 Å². The largest absolute Gasteiger partial charge is 0.497 e. The maximum atomic E-state index is 12.0. The van der Waals surface area contributed by atoms with Crippen LogP contribution in [0.1, 0.15) is 15.9 Å². The normalized spacial score (nSPS) is 13.8. The molecule has 0 unspecified atom stereocenters. The fourth-order valence-corrected chi connectivity index (χ4v) is 2.32. The molecule has 0 aliphatic carbocycles. The van der Waals surface area contributed by atoms with E-state index in [-0.39, 0.29) is 18.3 Å². The number of amides is 1. The minimum atomic E-state index is -0.0621. The Morgan fingerprint density at radius 2 is 2.13 bits per heavy atom. The number of nitrogens with one attached hydrogen (secondary N) is 2. The second-order valence-electron chi connectivity index (χ2n) is 5.51. The van der Waals surface area contributed by atoms with Gasteiger partial charge in [0.25, 0.3) is 5.91 Å². The second kappa shape index (κ2) is 7.99. The quantitative estimate of drug-likeness (QED) is 0.834. The summed E-state index contributed by atoms with van der Waals surface area (Å²) in [5.41, 5.74) is 1.71. The molecule has 3 rings (SSSR count). The molecule has 7 heteroatoms. The molecular formula is C16H21ClN4O2. The predicted molar refractivity (Wildman–Crippen MR) is 90.3 cm³/mol. The van der Waals surface area contributed by atoms with Crippen LogP contribution in [-0.2, 0) is 6.54 Å². The van der Waals surface area contributed by atoms with Crippen molar-refractivity contribution < 1.29 is 9.53 Å². The van der Waals surface area contributed by atoms with Crippen molar-refractivity contribution in [1.82, 2.24) is 20.4 Å². The van der Waals surface area contributed by atoms with Crippen molar-refractivity contribution >= 4 is 18.3 Å². The molecule has 1 aromatic carbocycles. The van der Waals surface area contributed by atoms with Gasteiger partial charge in [0.2, 0.25) is 0 Å². The van der Waals surface area contributed by atoms with Crippen molar-refractivity contribution in [2.75, 3.05) is 26.7 Å². The molecule has 124 valence electrons. The summed E-state index contributed by atoms with van der Waals surface area (Å²) in [5, 5.41) is 10.4. The molecule has 0 saturated carbocycles. The van der Waals surface area contributed by atoms with E-state index in [1.54, 1.807) is 24.2 Å². The van der Waals surface area contributed by atoms with Crippen LogP contribution in [0, 0.1) is 5.92 Å². The summed E-state index contributed by atoms with van der Waals surface area (Å²) in [7, 11) is 1.65. The maximum Gasteiger partial charge on any atom is 0.254 e. The molecule has 2 aromatic rings. The third-order valence-corrected chi connectivity index (χ3v) is 3.82. The Balaban J connectivity index is 0.00000192. The van der Waals surface area contributed by atoms with E-state index in [9.17, 15) is 4.79 Å². The van der Waals surface area contributed by atoms with Crippen LogP contribution in [0.3, 0.4) is 0 Å². The smallest absolute Gasteiger partial charge is 0.254 e. The van der Waals surface area contributed by atoms with Crippen molar-refractivity contribution in [1.29, 1.82) is 0 Å². The van der Waals surface area contributed by atoms with Gasteiger partial charge in [-0.3, -0.25) is 9.48 Å². The zero-order chi connectivity index (χ0) is 15.4. The van der Waals surface area contributed by atoms with E-state index in [0.717, 1.165) is 30.9 Å². The third kappa shape index (κ3) is 4.46. The Morgan fingerprint density at radius 3 is 2.74 bits per heavy atom. The Hall–Kier alpha value is -2.05. The standard InChI is InChI=1S/C16H20N4O2.ClH/c1-22-15-4-2-12(3-5-15)10-20-11-14(9-19-20)16(21)18-8-13-6-17-7-13;/h2-5,9,11,13,17H,6-8,10H2,1H3,(H,18,21);1H. The fourth-order valence-electron chi connectivity index (χ4n) is 2.32.